The van der Waals surface area contributed by atoms with Gasteiger partial charge in [0.2, 0.25) is 0 Å². The van der Waals surface area contributed by atoms with Gasteiger partial charge in [0.1, 0.15) is 0 Å². The van der Waals surface area contributed by atoms with Crippen molar-refractivity contribution in [3.8, 4) is 6.07 Å². The molecular weight excluding hydrogens is 242 g/mol. The highest BCUT2D eigenvalue weighted by atomic mass is 32.2. The van der Waals surface area contributed by atoms with E-state index in [1.54, 1.807) is 0 Å². The molecule has 0 spiro atoms. The van der Waals surface area contributed by atoms with Crippen molar-refractivity contribution < 1.29 is 13.2 Å². The van der Waals surface area contributed by atoms with Crippen LogP contribution in [0, 0.1) is 11.3 Å². The molecule has 1 N–H and O–H groups in total. The Bertz CT molecular complexity index is 357. The van der Waals surface area contributed by atoms with Crippen LogP contribution in [0.25, 0.3) is 0 Å². The summed E-state index contributed by atoms with van der Waals surface area (Å²) in [7, 11) is -2.02. The molecule has 0 aliphatic carbocycles. The minimum absolute atomic E-state index is 0.0251. The van der Waals surface area contributed by atoms with Gasteiger partial charge in [0.05, 0.1) is 12.2 Å². The van der Waals surface area contributed by atoms with Crippen molar-refractivity contribution in [3.05, 3.63) is 0 Å². The summed E-state index contributed by atoms with van der Waals surface area (Å²) >= 11 is 0. The molecule has 7 heteroatoms. The fourth-order valence-corrected chi connectivity index (χ4v) is 2.55. The normalized spacial score (nSPS) is 21.4. The van der Waals surface area contributed by atoms with Crippen LogP contribution in [0.15, 0.2) is 0 Å². The Morgan fingerprint density at radius 2 is 2.29 bits per heavy atom. The first-order valence-electron chi connectivity index (χ1n) is 5.76. The van der Waals surface area contributed by atoms with Crippen molar-refractivity contribution in [1.29, 1.82) is 5.26 Å². The van der Waals surface area contributed by atoms with E-state index in [1.807, 2.05) is 6.07 Å². The number of rotatable bonds is 6. The summed E-state index contributed by atoms with van der Waals surface area (Å²) in [5, 5.41) is 8.40. The maximum absolute atomic E-state index is 11.7. The largest absolute Gasteiger partial charge is 0.377 e. The molecule has 1 fully saturated rings. The van der Waals surface area contributed by atoms with Crippen LogP contribution < -0.4 is 4.72 Å². The fourth-order valence-electron chi connectivity index (χ4n) is 1.60. The molecule has 0 bridgehead atoms. The number of ether oxygens (including phenoxy) is 1. The van der Waals surface area contributed by atoms with E-state index in [2.05, 4.69) is 4.72 Å². The molecule has 0 aromatic heterocycles. The Morgan fingerprint density at radius 1 is 1.53 bits per heavy atom. The van der Waals surface area contributed by atoms with E-state index in [-0.39, 0.29) is 19.1 Å². The zero-order valence-electron chi connectivity index (χ0n) is 10.1. The summed E-state index contributed by atoms with van der Waals surface area (Å²) in [5.41, 5.74) is 0. The molecule has 1 rings (SSSR count). The first kappa shape index (κ1) is 14.4. The van der Waals surface area contributed by atoms with E-state index in [0.29, 0.717) is 13.2 Å². The number of nitriles is 1. The predicted molar refractivity (Wildman–Crippen MR) is 63.4 cm³/mol. The second-order valence-corrected chi connectivity index (χ2v) is 5.93. The highest BCUT2D eigenvalue weighted by molar-refractivity contribution is 7.87. The molecule has 98 valence electrons. The summed E-state index contributed by atoms with van der Waals surface area (Å²) in [4.78, 5) is 0. The molecule has 1 unspecified atom stereocenters. The maximum atomic E-state index is 11.7. The van der Waals surface area contributed by atoms with Crippen LogP contribution >= 0.6 is 0 Å². The standard InChI is InChI=1S/C10H19N3O3S/c1-13(7-4-6-11)17(14,15)12-9-10-5-2-3-8-16-10/h10,12H,2-5,7-9H2,1H3. The smallest absolute Gasteiger partial charge is 0.279 e. The lowest BCUT2D eigenvalue weighted by Gasteiger charge is -2.24. The molecule has 0 aromatic carbocycles. The summed E-state index contributed by atoms with van der Waals surface area (Å²) in [5.74, 6) is 0. The van der Waals surface area contributed by atoms with E-state index in [1.165, 1.54) is 7.05 Å². The van der Waals surface area contributed by atoms with E-state index in [4.69, 9.17) is 10.00 Å². The van der Waals surface area contributed by atoms with E-state index < -0.39 is 10.2 Å². The molecule has 1 atom stereocenters. The van der Waals surface area contributed by atoms with Crippen LogP contribution in [-0.2, 0) is 14.9 Å². The average molecular weight is 261 g/mol. The van der Waals surface area contributed by atoms with Crippen LogP contribution in [0.5, 0.6) is 0 Å². The minimum atomic E-state index is -3.48. The number of nitrogens with zero attached hydrogens (tertiary/aromatic N) is 2. The van der Waals surface area contributed by atoms with E-state index >= 15 is 0 Å². The van der Waals surface area contributed by atoms with Crippen molar-refractivity contribution in [1.82, 2.24) is 9.03 Å². The van der Waals surface area contributed by atoms with Crippen LogP contribution in [0.1, 0.15) is 25.7 Å². The molecule has 0 radical (unpaired) electrons. The maximum Gasteiger partial charge on any atom is 0.279 e. The zero-order valence-corrected chi connectivity index (χ0v) is 10.9. The Balaban J connectivity index is 2.35. The van der Waals surface area contributed by atoms with Gasteiger partial charge < -0.3 is 4.74 Å². The Labute approximate surface area is 103 Å². The van der Waals surface area contributed by atoms with Crippen molar-refractivity contribution in [2.75, 3.05) is 26.7 Å². The topological polar surface area (TPSA) is 82.4 Å². The van der Waals surface area contributed by atoms with Gasteiger partial charge in [-0.1, -0.05) is 0 Å². The Morgan fingerprint density at radius 3 is 2.88 bits per heavy atom. The van der Waals surface area contributed by atoms with E-state index in [9.17, 15) is 8.42 Å². The van der Waals surface area contributed by atoms with Gasteiger partial charge in [0.15, 0.2) is 0 Å². The average Bonchev–Trinajstić information content (AvgIpc) is 2.35. The lowest BCUT2D eigenvalue weighted by molar-refractivity contribution is 0.0198. The molecule has 0 saturated carbocycles. The highest BCUT2D eigenvalue weighted by Crippen LogP contribution is 2.12. The first-order valence-corrected chi connectivity index (χ1v) is 7.20. The summed E-state index contributed by atoms with van der Waals surface area (Å²) in [6.45, 7) is 1.22. The Kier molecular flexibility index (Phi) is 5.85. The summed E-state index contributed by atoms with van der Waals surface area (Å²) < 4.78 is 32.5. The molecule has 0 amide bonds. The van der Waals surface area contributed by atoms with Crippen molar-refractivity contribution >= 4 is 10.2 Å². The van der Waals surface area contributed by atoms with Gasteiger partial charge in [-0.05, 0) is 19.3 Å². The lowest BCUT2D eigenvalue weighted by atomic mass is 10.1. The number of hydrogen-bond acceptors (Lipinski definition) is 4. The zero-order chi connectivity index (χ0) is 12.7. The summed E-state index contributed by atoms with van der Waals surface area (Å²) in [6, 6.07) is 1.92. The van der Waals surface area contributed by atoms with Crippen LogP contribution in [0.3, 0.4) is 0 Å². The van der Waals surface area contributed by atoms with Gasteiger partial charge in [-0.25, -0.2) is 0 Å². The van der Waals surface area contributed by atoms with Crippen LogP contribution in [0.4, 0.5) is 0 Å². The third kappa shape index (κ3) is 5.00. The minimum Gasteiger partial charge on any atom is -0.377 e. The van der Waals surface area contributed by atoms with Crippen LogP contribution in [-0.4, -0.2) is 45.6 Å². The van der Waals surface area contributed by atoms with Crippen molar-refractivity contribution in [3.63, 3.8) is 0 Å². The third-order valence-corrected chi connectivity index (χ3v) is 4.25. The third-order valence-electron chi connectivity index (χ3n) is 2.72. The highest BCUT2D eigenvalue weighted by Gasteiger charge is 2.20. The number of hydrogen-bond donors (Lipinski definition) is 1. The second-order valence-electron chi connectivity index (χ2n) is 4.07. The van der Waals surface area contributed by atoms with Gasteiger partial charge in [-0.2, -0.15) is 22.7 Å². The predicted octanol–water partition coefficient (Wildman–Crippen LogP) is 0.235. The summed E-state index contributed by atoms with van der Waals surface area (Å²) in [6.07, 6.45) is 3.19. The molecule has 1 heterocycles. The van der Waals surface area contributed by atoms with Gasteiger partial charge >= 0.3 is 0 Å². The molecular formula is C10H19N3O3S. The van der Waals surface area contributed by atoms with Crippen molar-refractivity contribution in [2.24, 2.45) is 0 Å². The quantitative estimate of drug-likeness (QED) is 0.742. The van der Waals surface area contributed by atoms with Gasteiger partial charge in [0, 0.05) is 33.2 Å². The van der Waals surface area contributed by atoms with Gasteiger partial charge in [-0.3, -0.25) is 0 Å². The molecule has 1 aliphatic rings. The van der Waals surface area contributed by atoms with Crippen molar-refractivity contribution in [2.45, 2.75) is 31.8 Å². The van der Waals surface area contributed by atoms with Gasteiger partial charge in [0.25, 0.3) is 10.2 Å². The molecule has 1 aliphatic heterocycles. The molecule has 6 nitrogen and oxygen atoms in total. The second kappa shape index (κ2) is 6.91. The monoisotopic (exact) mass is 261 g/mol. The SMILES string of the molecule is CN(CCC#N)S(=O)(=O)NCC1CCCCO1. The molecule has 1 saturated heterocycles. The van der Waals surface area contributed by atoms with Crippen LogP contribution in [0.2, 0.25) is 0 Å². The molecule has 17 heavy (non-hydrogen) atoms. The Hall–Kier alpha value is -0.680. The van der Waals surface area contributed by atoms with E-state index in [0.717, 1.165) is 23.6 Å². The first-order chi connectivity index (χ1) is 8.06. The fraction of sp³-hybridized carbons (Fsp3) is 0.900. The lowest BCUT2D eigenvalue weighted by Crippen LogP contribution is -2.43. The van der Waals surface area contributed by atoms with Gasteiger partial charge in [-0.15, -0.1) is 0 Å². The molecule has 0 aromatic rings. The number of nitrogens with one attached hydrogen (secondary N) is 1.